The SMILES string of the molecule is COC(=O)C1CCN(C(=O)/C=C/c2ccc(OC(C)=O)c(OC)c2)CC1. The quantitative estimate of drug-likeness (QED) is 0.453. The van der Waals surface area contributed by atoms with E-state index >= 15 is 0 Å². The second-order valence-electron chi connectivity index (χ2n) is 5.96. The number of benzene rings is 1. The predicted octanol–water partition coefficient (Wildman–Crippen LogP) is 2.05. The lowest BCUT2D eigenvalue weighted by Gasteiger charge is -2.29. The van der Waals surface area contributed by atoms with Crippen LogP contribution in [0.4, 0.5) is 0 Å². The van der Waals surface area contributed by atoms with Crippen LogP contribution in [0.1, 0.15) is 25.3 Å². The van der Waals surface area contributed by atoms with Gasteiger partial charge in [-0.3, -0.25) is 14.4 Å². The zero-order chi connectivity index (χ0) is 19.1. The fourth-order valence-electron chi connectivity index (χ4n) is 2.80. The molecule has 0 saturated carbocycles. The maximum atomic E-state index is 12.3. The van der Waals surface area contributed by atoms with Crippen molar-refractivity contribution in [2.75, 3.05) is 27.3 Å². The molecule has 0 aliphatic carbocycles. The number of esters is 2. The third-order valence-corrected chi connectivity index (χ3v) is 4.20. The van der Waals surface area contributed by atoms with Crippen LogP contribution in [0.5, 0.6) is 11.5 Å². The van der Waals surface area contributed by atoms with Crippen LogP contribution in [0.15, 0.2) is 24.3 Å². The fraction of sp³-hybridized carbons (Fsp3) is 0.421. The van der Waals surface area contributed by atoms with Gasteiger partial charge >= 0.3 is 11.9 Å². The second-order valence-corrected chi connectivity index (χ2v) is 5.96. The summed E-state index contributed by atoms with van der Waals surface area (Å²) in [6.07, 6.45) is 4.38. The maximum absolute atomic E-state index is 12.3. The van der Waals surface area contributed by atoms with Crippen molar-refractivity contribution >= 4 is 23.9 Å². The van der Waals surface area contributed by atoms with Gasteiger partial charge in [-0.05, 0) is 36.6 Å². The third kappa shape index (κ3) is 5.08. The summed E-state index contributed by atoms with van der Waals surface area (Å²) in [4.78, 5) is 36.6. The van der Waals surface area contributed by atoms with Crippen molar-refractivity contribution in [3.05, 3.63) is 29.8 Å². The predicted molar refractivity (Wildman–Crippen MR) is 94.7 cm³/mol. The third-order valence-electron chi connectivity index (χ3n) is 4.20. The standard InChI is InChI=1S/C19H23NO6/c1-13(21)26-16-6-4-14(12-17(16)24-2)5-7-18(22)20-10-8-15(9-11-20)19(23)25-3/h4-7,12,15H,8-11H2,1-3H3/b7-5+. The van der Waals surface area contributed by atoms with E-state index in [0.29, 0.717) is 37.4 Å². The molecule has 0 bridgehead atoms. The average Bonchev–Trinajstić information content (AvgIpc) is 2.65. The Hall–Kier alpha value is -2.83. The molecule has 7 heteroatoms. The lowest BCUT2D eigenvalue weighted by atomic mass is 9.97. The van der Waals surface area contributed by atoms with Gasteiger partial charge in [0.15, 0.2) is 11.5 Å². The van der Waals surface area contributed by atoms with Gasteiger partial charge in [-0.15, -0.1) is 0 Å². The molecule has 0 atom stereocenters. The highest BCUT2D eigenvalue weighted by atomic mass is 16.6. The Kier molecular flexibility index (Phi) is 6.77. The zero-order valence-electron chi connectivity index (χ0n) is 15.2. The molecular weight excluding hydrogens is 338 g/mol. The number of hydrogen-bond donors (Lipinski definition) is 0. The number of ether oxygens (including phenoxy) is 3. The Morgan fingerprint density at radius 1 is 1.12 bits per heavy atom. The van der Waals surface area contributed by atoms with E-state index in [-0.39, 0.29) is 17.8 Å². The molecule has 1 aromatic rings. The van der Waals surface area contributed by atoms with Crippen molar-refractivity contribution in [3.63, 3.8) is 0 Å². The molecule has 1 fully saturated rings. The first kappa shape index (κ1) is 19.5. The molecular formula is C19H23NO6. The molecule has 0 radical (unpaired) electrons. The van der Waals surface area contributed by atoms with Crippen LogP contribution in [0.25, 0.3) is 6.08 Å². The summed E-state index contributed by atoms with van der Waals surface area (Å²) >= 11 is 0. The van der Waals surface area contributed by atoms with Crippen LogP contribution in [0.3, 0.4) is 0 Å². The summed E-state index contributed by atoms with van der Waals surface area (Å²) in [6.45, 7) is 2.37. The molecule has 1 saturated heterocycles. The summed E-state index contributed by atoms with van der Waals surface area (Å²) in [5, 5.41) is 0. The van der Waals surface area contributed by atoms with E-state index in [1.165, 1.54) is 27.2 Å². The Balaban J connectivity index is 1.98. The average molecular weight is 361 g/mol. The summed E-state index contributed by atoms with van der Waals surface area (Å²) in [5.41, 5.74) is 0.746. The van der Waals surface area contributed by atoms with Gasteiger partial charge in [0.2, 0.25) is 5.91 Å². The van der Waals surface area contributed by atoms with Crippen molar-refractivity contribution in [3.8, 4) is 11.5 Å². The van der Waals surface area contributed by atoms with Gasteiger partial charge in [-0.1, -0.05) is 6.07 Å². The van der Waals surface area contributed by atoms with E-state index in [1.54, 1.807) is 29.2 Å². The lowest BCUT2D eigenvalue weighted by Crippen LogP contribution is -2.39. The first-order valence-electron chi connectivity index (χ1n) is 8.36. The molecule has 7 nitrogen and oxygen atoms in total. The molecule has 1 aromatic carbocycles. The molecule has 0 spiro atoms. The first-order chi connectivity index (χ1) is 12.4. The largest absolute Gasteiger partial charge is 0.493 e. The van der Waals surface area contributed by atoms with E-state index in [1.807, 2.05) is 0 Å². The van der Waals surface area contributed by atoms with Crippen LogP contribution >= 0.6 is 0 Å². The Bertz CT molecular complexity index is 704. The van der Waals surface area contributed by atoms with Gasteiger partial charge in [0.1, 0.15) is 0 Å². The lowest BCUT2D eigenvalue weighted by molar-refractivity contribution is -0.148. The maximum Gasteiger partial charge on any atom is 0.308 e. The minimum Gasteiger partial charge on any atom is -0.493 e. The van der Waals surface area contributed by atoms with Crippen molar-refractivity contribution in [2.45, 2.75) is 19.8 Å². The van der Waals surface area contributed by atoms with Crippen molar-refractivity contribution in [2.24, 2.45) is 5.92 Å². The van der Waals surface area contributed by atoms with E-state index < -0.39 is 5.97 Å². The molecule has 2 rings (SSSR count). The molecule has 1 aliphatic heterocycles. The Morgan fingerprint density at radius 2 is 1.81 bits per heavy atom. The molecule has 1 aliphatic rings. The highest BCUT2D eigenvalue weighted by Crippen LogP contribution is 2.28. The molecule has 0 unspecified atom stereocenters. The molecule has 0 aromatic heterocycles. The second kappa shape index (κ2) is 9.03. The minimum atomic E-state index is -0.433. The number of piperidine rings is 1. The number of nitrogens with zero attached hydrogens (tertiary/aromatic N) is 1. The topological polar surface area (TPSA) is 82.1 Å². The number of likely N-dealkylation sites (tertiary alicyclic amines) is 1. The van der Waals surface area contributed by atoms with Crippen molar-refractivity contribution < 1.29 is 28.6 Å². The van der Waals surface area contributed by atoms with Gasteiger partial charge in [-0.2, -0.15) is 0 Å². The van der Waals surface area contributed by atoms with E-state index in [2.05, 4.69) is 0 Å². The molecule has 1 heterocycles. The van der Waals surface area contributed by atoms with Gasteiger partial charge in [-0.25, -0.2) is 0 Å². The summed E-state index contributed by atoms with van der Waals surface area (Å²) < 4.78 is 15.0. The summed E-state index contributed by atoms with van der Waals surface area (Å²) in [7, 11) is 2.86. The number of hydrogen-bond acceptors (Lipinski definition) is 6. The van der Waals surface area contributed by atoms with Crippen LogP contribution in [0, 0.1) is 5.92 Å². The number of methoxy groups -OCH3 is 2. The van der Waals surface area contributed by atoms with Crippen LogP contribution in [-0.2, 0) is 19.1 Å². The van der Waals surface area contributed by atoms with E-state index in [4.69, 9.17) is 14.2 Å². The number of amides is 1. The van der Waals surface area contributed by atoms with Gasteiger partial charge in [0.05, 0.1) is 20.1 Å². The highest BCUT2D eigenvalue weighted by molar-refractivity contribution is 5.92. The normalized spacial score (nSPS) is 15.0. The van der Waals surface area contributed by atoms with Gasteiger partial charge in [0, 0.05) is 26.1 Å². The molecule has 140 valence electrons. The Labute approximate surface area is 152 Å². The summed E-state index contributed by atoms with van der Waals surface area (Å²) in [6, 6.07) is 5.03. The van der Waals surface area contributed by atoms with Crippen molar-refractivity contribution in [1.29, 1.82) is 0 Å². The molecule has 0 N–H and O–H groups in total. The van der Waals surface area contributed by atoms with Crippen LogP contribution < -0.4 is 9.47 Å². The monoisotopic (exact) mass is 361 g/mol. The number of carbonyl (C=O) groups excluding carboxylic acids is 3. The fourth-order valence-corrected chi connectivity index (χ4v) is 2.80. The zero-order valence-corrected chi connectivity index (χ0v) is 15.2. The summed E-state index contributed by atoms with van der Waals surface area (Å²) in [5.74, 6) is -0.158. The van der Waals surface area contributed by atoms with Crippen LogP contribution in [-0.4, -0.2) is 50.1 Å². The number of carbonyl (C=O) groups is 3. The highest BCUT2D eigenvalue weighted by Gasteiger charge is 2.26. The van der Waals surface area contributed by atoms with E-state index in [9.17, 15) is 14.4 Å². The van der Waals surface area contributed by atoms with Crippen LogP contribution in [0.2, 0.25) is 0 Å². The van der Waals surface area contributed by atoms with Crippen molar-refractivity contribution in [1.82, 2.24) is 4.90 Å². The van der Waals surface area contributed by atoms with Gasteiger partial charge < -0.3 is 19.1 Å². The molecule has 26 heavy (non-hydrogen) atoms. The van der Waals surface area contributed by atoms with Gasteiger partial charge in [0.25, 0.3) is 0 Å². The molecule has 1 amide bonds. The minimum absolute atomic E-state index is 0.114. The number of rotatable bonds is 5. The van der Waals surface area contributed by atoms with E-state index in [0.717, 1.165) is 5.56 Å². The first-order valence-corrected chi connectivity index (χ1v) is 8.36. The Morgan fingerprint density at radius 3 is 2.38 bits per heavy atom. The smallest absolute Gasteiger partial charge is 0.308 e.